The maximum absolute atomic E-state index is 12.8. The number of nitrogens with zero attached hydrogens (tertiary/aromatic N) is 4. The molecule has 0 aliphatic carbocycles. The Morgan fingerprint density at radius 3 is 2.63 bits per heavy atom. The summed E-state index contributed by atoms with van der Waals surface area (Å²) in [5, 5.41) is 18.5. The van der Waals surface area contributed by atoms with Gasteiger partial charge in [-0.25, -0.2) is 9.48 Å². The minimum absolute atomic E-state index is 0.107. The number of nitrogens with one attached hydrogen (secondary N) is 1. The SMILES string of the molecule is CCn1nc(SCC2=C(C(=O)O)N3C(=O)[C@@H](NC(=O)Cc4cccs4)[C@@H]3SC2)n(CC)c(=O)c1=O. The number of thioether (sulfide) groups is 2. The molecule has 2 aromatic heterocycles. The van der Waals surface area contributed by atoms with Gasteiger partial charge in [0.1, 0.15) is 17.1 Å². The highest BCUT2D eigenvalue weighted by molar-refractivity contribution is 8.01. The summed E-state index contributed by atoms with van der Waals surface area (Å²) in [6, 6.07) is 2.90. The lowest BCUT2D eigenvalue weighted by Crippen LogP contribution is -2.70. The highest BCUT2D eigenvalue weighted by Crippen LogP contribution is 2.41. The number of carbonyl (C=O) groups is 3. The summed E-state index contributed by atoms with van der Waals surface area (Å²) in [5.41, 5.74) is -0.995. The van der Waals surface area contributed by atoms with Gasteiger partial charge in [-0.15, -0.1) is 28.2 Å². The average molecular weight is 538 g/mol. The van der Waals surface area contributed by atoms with Crippen molar-refractivity contribution in [2.75, 3.05) is 11.5 Å². The molecule has 2 amide bonds. The van der Waals surface area contributed by atoms with Crippen LogP contribution in [0, 0.1) is 0 Å². The van der Waals surface area contributed by atoms with E-state index in [9.17, 15) is 29.1 Å². The second kappa shape index (κ2) is 10.4. The minimum atomic E-state index is -1.23. The van der Waals surface area contributed by atoms with Crippen LogP contribution in [-0.4, -0.2) is 65.1 Å². The van der Waals surface area contributed by atoms with Crippen molar-refractivity contribution < 1.29 is 19.5 Å². The number of hydrogen-bond donors (Lipinski definition) is 2. The maximum atomic E-state index is 12.8. The van der Waals surface area contributed by atoms with Crippen LogP contribution >= 0.6 is 34.9 Å². The molecule has 0 unspecified atom stereocenters. The summed E-state index contributed by atoms with van der Waals surface area (Å²) in [7, 11) is 0. The Hall–Kier alpha value is -2.84. The molecule has 0 spiro atoms. The Morgan fingerprint density at radius 2 is 2.00 bits per heavy atom. The summed E-state index contributed by atoms with van der Waals surface area (Å²) in [4.78, 5) is 63.9. The van der Waals surface area contributed by atoms with Crippen molar-refractivity contribution in [2.45, 2.75) is 49.9 Å². The fraction of sp³-hybridized carbons (Fsp3) is 0.429. The van der Waals surface area contributed by atoms with Crippen molar-refractivity contribution in [1.29, 1.82) is 0 Å². The Balaban J connectivity index is 1.51. The molecule has 4 rings (SSSR count). The zero-order chi connectivity index (χ0) is 25.3. The first kappa shape index (κ1) is 25.3. The van der Waals surface area contributed by atoms with Crippen molar-refractivity contribution in [3.05, 3.63) is 54.4 Å². The lowest BCUT2D eigenvalue weighted by Gasteiger charge is -2.49. The Morgan fingerprint density at radius 1 is 1.23 bits per heavy atom. The quantitative estimate of drug-likeness (QED) is 0.267. The predicted molar refractivity (Wildman–Crippen MR) is 133 cm³/mol. The summed E-state index contributed by atoms with van der Waals surface area (Å²) < 4.78 is 2.34. The standard InChI is InChI=1S/C21H23N5O6S3/c1-3-24-17(29)18(30)25(4-2)23-21(24)35-10-11-9-34-19-14(16(28)26(19)15(11)20(31)32)22-13(27)8-12-6-5-7-33-12/h5-7,14,19H,3-4,8-10H2,1-2H3,(H,22,27)(H,31,32)/t14-,19+/m1/s1. The van der Waals surface area contributed by atoms with Crippen LogP contribution in [0.1, 0.15) is 18.7 Å². The van der Waals surface area contributed by atoms with Gasteiger partial charge >= 0.3 is 17.1 Å². The van der Waals surface area contributed by atoms with Crippen LogP contribution in [0.4, 0.5) is 0 Å². The van der Waals surface area contributed by atoms with Crippen molar-refractivity contribution in [3.8, 4) is 0 Å². The van der Waals surface area contributed by atoms with Gasteiger partial charge < -0.3 is 10.4 Å². The van der Waals surface area contributed by atoms with Crippen LogP contribution in [0.2, 0.25) is 0 Å². The number of amides is 2. The topological polar surface area (TPSA) is 144 Å². The molecule has 2 aliphatic rings. The van der Waals surface area contributed by atoms with E-state index in [1.807, 2.05) is 17.5 Å². The van der Waals surface area contributed by atoms with E-state index < -0.39 is 34.4 Å². The predicted octanol–water partition coefficient (Wildman–Crippen LogP) is 0.580. The molecule has 1 fully saturated rings. The van der Waals surface area contributed by atoms with Gasteiger partial charge in [0.15, 0.2) is 5.16 Å². The van der Waals surface area contributed by atoms with Crippen LogP contribution < -0.4 is 16.4 Å². The van der Waals surface area contributed by atoms with Gasteiger partial charge in [0, 0.05) is 29.5 Å². The Bertz CT molecular complexity index is 1320. The first-order valence-electron chi connectivity index (χ1n) is 10.8. The number of aliphatic carboxylic acids is 1. The number of thiophene rings is 1. The van der Waals surface area contributed by atoms with Crippen LogP contribution in [0.5, 0.6) is 0 Å². The lowest BCUT2D eigenvalue weighted by molar-refractivity contribution is -0.150. The van der Waals surface area contributed by atoms with Crippen molar-refractivity contribution in [3.63, 3.8) is 0 Å². The third kappa shape index (κ3) is 4.82. The van der Waals surface area contributed by atoms with E-state index in [1.54, 1.807) is 13.8 Å². The van der Waals surface area contributed by atoms with Gasteiger partial charge in [0.25, 0.3) is 5.91 Å². The summed E-state index contributed by atoms with van der Waals surface area (Å²) in [6.07, 6.45) is 0.161. The van der Waals surface area contributed by atoms with Crippen LogP contribution in [0.25, 0.3) is 0 Å². The first-order valence-corrected chi connectivity index (χ1v) is 13.7. The van der Waals surface area contributed by atoms with Gasteiger partial charge in [0.05, 0.1) is 6.42 Å². The summed E-state index contributed by atoms with van der Waals surface area (Å²) >= 11 is 3.97. The zero-order valence-corrected chi connectivity index (χ0v) is 21.4. The molecule has 0 radical (unpaired) electrons. The second-order valence-corrected chi connectivity index (χ2v) is 10.8. The fourth-order valence-corrected chi connectivity index (χ4v) is 7.10. The van der Waals surface area contributed by atoms with Gasteiger partial charge in [-0.05, 0) is 30.9 Å². The molecule has 14 heteroatoms. The van der Waals surface area contributed by atoms with E-state index >= 15 is 0 Å². The molecule has 0 aromatic carbocycles. The Labute approximate surface area is 212 Å². The fourth-order valence-electron chi connectivity index (χ4n) is 3.86. The van der Waals surface area contributed by atoms with Crippen LogP contribution in [0.3, 0.4) is 0 Å². The number of aryl methyl sites for hydroxylation is 1. The molecule has 186 valence electrons. The third-order valence-corrected chi connectivity index (χ3v) is 8.84. The van der Waals surface area contributed by atoms with E-state index in [-0.39, 0.29) is 36.9 Å². The number of aromatic nitrogens is 3. The van der Waals surface area contributed by atoms with Crippen molar-refractivity contribution in [1.82, 2.24) is 24.6 Å². The zero-order valence-electron chi connectivity index (χ0n) is 18.9. The summed E-state index contributed by atoms with van der Waals surface area (Å²) in [6.45, 7) is 3.89. The van der Waals surface area contributed by atoms with Gasteiger partial charge in [-0.2, -0.15) is 0 Å². The molecule has 0 saturated carbocycles. The molecular weight excluding hydrogens is 514 g/mol. The van der Waals surface area contributed by atoms with Gasteiger partial charge in [-0.3, -0.25) is 28.6 Å². The number of hydrogen-bond acceptors (Lipinski definition) is 9. The van der Waals surface area contributed by atoms with E-state index in [1.165, 1.54) is 32.6 Å². The summed E-state index contributed by atoms with van der Waals surface area (Å²) in [5.74, 6) is -1.48. The molecule has 2 atom stereocenters. The molecule has 0 bridgehead atoms. The number of carboxylic acid groups (broad SMARTS) is 1. The molecule has 2 aromatic rings. The largest absolute Gasteiger partial charge is 0.477 e. The molecule has 11 nitrogen and oxygen atoms in total. The molecule has 2 N–H and O–H groups in total. The smallest absolute Gasteiger partial charge is 0.352 e. The molecule has 2 aliphatic heterocycles. The number of carbonyl (C=O) groups excluding carboxylic acids is 2. The highest BCUT2D eigenvalue weighted by Gasteiger charge is 2.54. The monoisotopic (exact) mass is 537 g/mol. The normalized spacial score (nSPS) is 19.4. The average Bonchev–Trinajstić information content (AvgIpc) is 3.35. The molecule has 1 saturated heterocycles. The van der Waals surface area contributed by atoms with Gasteiger partial charge in [0.2, 0.25) is 5.91 Å². The second-order valence-electron chi connectivity index (χ2n) is 7.71. The minimum Gasteiger partial charge on any atom is -0.477 e. The van der Waals surface area contributed by atoms with E-state index in [0.29, 0.717) is 16.5 Å². The number of carboxylic acids is 1. The van der Waals surface area contributed by atoms with Crippen molar-refractivity contribution >= 4 is 52.6 Å². The van der Waals surface area contributed by atoms with Gasteiger partial charge in [-0.1, -0.05) is 17.8 Å². The Kier molecular flexibility index (Phi) is 7.52. The molecule has 4 heterocycles. The maximum Gasteiger partial charge on any atom is 0.352 e. The van der Waals surface area contributed by atoms with Crippen LogP contribution in [-0.2, 0) is 33.9 Å². The number of β-lactam (4-membered cyclic amide) rings is 1. The number of rotatable bonds is 9. The van der Waals surface area contributed by atoms with E-state index in [0.717, 1.165) is 21.3 Å². The lowest BCUT2D eigenvalue weighted by atomic mass is 10.0. The molecule has 35 heavy (non-hydrogen) atoms. The first-order chi connectivity index (χ1) is 16.8. The third-order valence-electron chi connectivity index (χ3n) is 5.57. The van der Waals surface area contributed by atoms with Crippen LogP contribution in [0.15, 0.2) is 43.5 Å². The molecular formula is C21H23N5O6S3. The van der Waals surface area contributed by atoms with Crippen molar-refractivity contribution in [2.24, 2.45) is 0 Å². The van der Waals surface area contributed by atoms with E-state index in [4.69, 9.17) is 0 Å². The van der Waals surface area contributed by atoms with E-state index in [2.05, 4.69) is 10.4 Å². The number of fused-ring (bicyclic) bond motifs is 1. The highest BCUT2D eigenvalue weighted by atomic mass is 32.2.